The molecule has 2 N–H and O–H groups in total. The van der Waals surface area contributed by atoms with Crippen molar-refractivity contribution >= 4 is 23.5 Å². The van der Waals surface area contributed by atoms with Crippen molar-refractivity contribution in [2.45, 2.75) is 13.0 Å². The van der Waals surface area contributed by atoms with Gasteiger partial charge in [-0.15, -0.1) is 0 Å². The van der Waals surface area contributed by atoms with Crippen LogP contribution in [0.25, 0.3) is 6.08 Å². The van der Waals surface area contributed by atoms with E-state index < -0.39 is 17.8 Å². The van der Waals surface area contributed by atoms with Crippen molar-refractivity contribution in [1.29, 1.82) is 0 Å². The topological polar surface area (TPSA) is 88.5 Å². The van der Waals surface area contributed by atoms with E-state index in [0.29, 0.717) is 37.4 Å². The van der Waals surface area contributed by atoms with Gasteiger partial charge in [-0.05, 0) is 6.08 Å². The van der Waals surface area contributed by atoms with Crippen molar-refractivity contribution in [1.82, 2.24) is 14.7 Å². The third-order valence-corrected chi connectivity index (χ3v) is 5.42. The minimum Gasteiger partial charge on any atom is -0.378 e. The number of nitrogens with one attached hydrogen (secondary N) is 2. The number of aromatic nitrogens is 2. The lowest BCUT2D eigenvalue weighted by atomic mass is 10.0. The molecule has 4 rings (SSSR count). The van der Waals surface area contributed by atoms with Crippen LogP contribution in [0.15, 0.2) is 28.6 Å². The Morgan fingerprint density at radius 2 is 2.06 bits per heavy atom. The Bertz CT molecular complexity index is 1130. The Morgan fingerprint density at radius 1 is 1.31 bits per heavy atom. The quantitative estimate of drug-likeness (QED) is 0.727. The summed E-state index contributed by atoms with van der Waals surface area (Å²) in [6, 6.07) is 3.78. The summed E-state index contributed by atoms with van der Waals surface area (Å²) in [7, 11) is 1.46. The maximum atomic E-state index is 14.4. The first-order valence-corrected chi connectivity index (χ1v) is 10.1. The number of hydrogen-bond acceptors (Lipinski definition) is 6. The number of alkyl halides is 2. The summed E-state index contributed by atoms with van der Waals surface area (Å²) in [5.74, 6) is -0.942. The average molecular weight is 449 g/mol. The van der Waals surface area contributed by atoms with E-state index in [1.165, 1.54) is 19.2 Å². The van der Waals surface area contributed by atoms with Gasteiger partial charge in [0.25, 0.3) is 17.9 Å². The van der Waals surface area contributed by atoms with Gasteiger partial charge in [0.1, 0.15) is 11.5 Å². The van der Waals surface area contributed by atoms with Crippen LogP contribution in [-0.2, 0) is 23.1 Å². The molecule has 0 atom stereocenters. The van der Waals surface area contributed by atoms with Gasteiger partial charge in [0, 0.05) is 49.9 Å². The molecule has 0 spiro atoms. The number of halogens is 3. The van der Waals surface area contributed by atoms with Gasteiger partial charge in [0.15, 0.2) is 5.82 Å². The highest BCUT2D eigenvalue weighted by atomic mass is 19.3. The standard InChI is InChI=1S/C21H22F3N5O3/c1-28-21(31)17-15(9-13(11-25-17)20(30)29-5-7-32-8-6-29)19(27-28)26-10-12-3-2-4-14(16(12)22)18(23)24/h2-4,9,18,25H,5-8,10-11H2,1H3,(H,26,27). The van der Waals surface area contributed by atoms with E-state index in [4.69, 9.17) is 4.74 Å². The van der Waals surface area contributed by atoms with Crippen molar-refractivity contribution in [3.63, 3.8) is 0 Å². The first-order valence-electron chi connectivity index (χ1n) is 10.1. The van der Waals surface area contributed by atoms with Crippen molar-refractivity contribution < 1.29 is 22.7 Å². The van der Waals surface area contributed by atoms with Crippen LogP contribution in [-0.4, -0.2) is 53.4 Å². The molecule has 1 aromatic heterocycles. The molecular weight excluding hydrogens is 427 g/mol. The van der Waals surface area contributed by atoms with Gasteiger partial charge < -0.3 is 20.3 Å². The summed E-state index contributed by atoms with van der Waals surface area (Å²) < 4.78 is 46.8. The molecular formula is C21H22F3N5O3. The molecule has 1 aromatic carbocycles. The molecule has 2 aromatic rings. The second-order valence-corrected chi connectivity index (χ2v) is 7.47. The number of carbonyl (C=O) groups is 1. The van der Waals surface area contributed by atoms with Gasteiger partial charge in [0.05, 0.1) is 18.8 Å². The zero-order chi connectivity index (χ0) is 22.8. The van der Waals surface area contributed by atoms with Gasteiger partial charge >= 0.3 is 0 Å². The Balaban J connectivity index is 1.64. The Morgan fingerprint density at radius 3 is 2.78 bits per heavy atom. The van der Waals surface area contributed by atoms with Crippen LogP contribution in [0, 0.1) is 5.82 Å². The summed E-state index contributed by atoms with van der Waals surface area (Å²) in [5.41, 5.74) is 0.0323. The number of ether oxygens (including phenoxy) is 1. The van der Waals surface area contributed by atoms with E-state index in [-0.39, 0.29) is 41.6 Å². The minimum atomic E-state index is -2.93. The molecule has 0 bridgehead atoms. The number of hydrogen-bond donors (Lipinski definition) is 2. The number of rotatable bonds is 5. The molecule has 2 aliphatic rings. The monoisotopic (exact) mass is 449 g/mol. The molecule has 1 amide bonds. The van der Waals surface area contributed by atoms with E-state index >= 15 is 0 Å². The highest BCUT2D eigenvalue weighted by Crippen LogP contribution is 2.28. The van der Waals surface area contributed by atoms with Crippen LogP contribution in [0.1, 0.15) is 23.1 Å². The van der Waals surface area contributed by atoms with E-state index in [1.54, 1.807) is 11.0 Å². The molecule has 8 nitrogen and oxygen atoms in total. The summed E-state index contributed by atoms with van der Waals surface area (Å²) in [5, 5.41) is 10.1. The number of morpholine rings is 1. The zero-order valence-corrected chi connectivity index (χ0v) is 17.3. The van der Waals surface area contributed by atoms with E-state index in [2.05, 4.69) is 15.7 Å². The highest BCUT2D eigenvalue weighted by molar-refractivity contribution is 6.01. The van der Waals surface area contributed by atoms with Crippen molar-refractivity contribution in [3.8, 4) is 0 Å². The van der Waals surface area contributed by atoms with Crippen molar-refractivity contribution in [2.24, 2.45) is 7.05 Å². The smallest absolute Gasteiger partial charge is 0.290 e. The summed E-state index contributed by atoms with van der Waals surface area (Å²) in [6.45, 7) is 1.91. The van der Waals surface area contributed by atoms with Gasteiger partial charge in [-0.3, -0.25) is 9.59 Å². The number of anilines is 2. The Labute approximate surface area is 181 Å². The van der Waals surface area contributed by atoms with Crippen LogP contribution in [0.4, 0.5) is 24.7 Å². The normalized spacial score (nSPS) is 15.8. The first kappa shape index (κ1) is 21.9. The second-order valence-electron chi connectivity index (χ2n) is 7.47. The molecule has 0 radical (unpaired) electrons. The van der Waals surface area contributed by atoms with Crippen LogP contribution >= 0.6 is 0 Å². The zero-order valence-electron chi connectivity index (χ0n) is 17.3. The number of benzene rings is 1. The molecule has 0 saturated carbocycles. The lowest BCUT2D eigenvalue weighted by molar-refractivity contribution is -0.131. The fraction of sp³-hybridized carbons (Fsp3) is 0.381. The van der Waals surface area contributed by atoms with E-state index in [0.717, 1.165) is 10.7 Å². The van der Waals surface area contributed by atoms with E-state index in [1.807, 2.05) is 0 Å². The number of aryl methyl sites for hydroxylation is 1. The molecule has 11 heteroatoms. The lowest BCUT2D eigenvalue weighted by Gasteiger charge is -2.29. The number of carbonyl (C=O) groups excluding carboxylic acids is 1. The van der Waals surface area contributed by atoms with Crippen molar-refractivity contribution in [2.75, 3.05) is 43.5 Å². The summed E-state index contributed by atoms with van der Waals surface area (Å²) in [6.07, 6.45) is -1.34. The molecule has 32 heavy (non-hydrogen) atoms. The average Bonchev–Trinajstić information content (AvgIpc) is 2.80. The van der Waals surface area contributed by atoms with Crippen molar-refractivity contribution in [3.05, 3.63) is 56.6 Å². The molecule has 2 aliphatic heterocycles. The summed E-state index contributed by atoms with van der Waals surface area (Å²) in [4.78, 5) is 27.1. The predicted octanol–water partition coefficient (Wildman–Crippen LogP) is 2.14. The third kappa shape index (κ3) is 4.20. The number of nitrogens with zero attached hydrogens (tertiary/aromatic N) is 3. The number of fused-ring (bicyclic) bond motifs is 1. The first-order chi connectivity index (χ1) is 15.4. The fourth-order valence-corrected chi connectivity index (χ4v) is 3.69. The molecule has 1 saturated heterocycles. The number of amides is 1. The van der Waals surface area contributed by atoms with Gasteiger partial charge in [-0.1, -0.05) is 18.2 Å². The summed E-state index contributed by atoms with van der Waals surface area (Å²) >= 11 is 0. The molecule has 170 valence electrons. The SMILES string of the molecule is Cn1nc(NCc2cccc(C(F)F)c2F)c2c(c1=O)NCC(C(=O)N1CCOCC1)=C2. The molecule has 3 heterocycles. The maximum absolute atomic E-state index is 14.4. The van der Waals surface area contributed by atoms with Crippen LogP contribution in [0.5, 0.6) is 0 Å². The van der Waals surface area contributed by atoms with E-state index in [9.17, 15) is 22.8 Å². The molecule has 0 unspecified atom stereocenters. The van der Waals surface area contributed by atoms with Gasteiger partial charge in [-0.2, -0.15) is 5.10 Å². The molecule has 0 aliphatic carbocycles. The lowest BCUT2D eigenvalue weighted by Crippen LogP contribution is -2.43. The van der Waals surface area contributed by atoms with Gasteiger partial charge in [-0.25, -0.2) is 17.9 Å². The van der Waals surface area contributed by atoms with Crippen LogP contribution in [0.3, 0.4) is 0 Å². The highest BCUT2D eigenvalue weighted by Gasteiger charge is 2.26. The maximum Gasteiger partial charge on any atom is 0.290 e. The minimum absolute atomic E-state index is 0.0320. The third-order valence-electron chi connectivity index (χ3n) is 5.42. The second kappa shape index (κ2) is 9.03. The van der Waals surface area contributed by atoms with Gasteiger partial charge in [0.2, 0.25) is 0 Å². The Hall–Kier alpha value is -3.34. The Kier molecular flexibility index (Phi) is 6.17. The van der Waals surface area contributed by atoms with Crippen LogP contribution in [0.2, 0.25) is 0 Å². The molecule has 1 fully saturated rings. The predicted molar refractivity (Wildman–Crippen MR) is 112 cm³/mol. The van der Waals surface area contributed by atoms with Crippen LogP contribution < -0.4 is 16.2 Å². The fourth-order valence-electron chi connectivity index (χ4n) is 3.69. The largest absolute Gasteiger partial charge is 0.378 e.